The first-order valence-corrected chi connectivity index (χ1v) is 7.69. The summed E-state index contributed by atoms with van der Waals surface area (Å²) < 4.78 is 10.5. The molecule has 1 aromatic carbocycles. The molecule has 3 aromatic rings. The first kappa shape index (κ1) is 16.3. The quantitative estimate of drug-likeness (QED) is 0.712. The van der Waals surface area contributed by atoms with E-state index >= 15 is 0 Å². The van der Waals surface area contributed by atoms with Gasteiger partial charge in [0.15, 0.2) is 5.76 Å². The maximum atomic E-state index is 9.50. The van der Waals surface area contributed by atoms with Gasteiger partial charge in [-0.2, -0.15) is 10.2 Å². The van der Waals surface area contributed by atoms with Gasteiger partial charge in [-0.15, -0.1) is 0 Å². The van der Waals surface area contributed by atoms with Crippen LogP contribution in [0.2, 0.25) is 0 Å². The number of nitrogens with two attached hydrogens (primary N) is 1. The molecule has 0 unspecified atom stereocenters. The minimum atomic E-state index is 0.0809. The van der Waals surface area contributed by atoms with Crippen molar-refractivity contribution < 1.29 is 9.15 Å². The van der Waals surface area contributed by atoms with Crippen LogP contribution in [-0.4, -0.2) is 23.6 Å². The summed E-state index contributed by atoms with van der Waals surface area (Å²) in [6.07, 6.45) is 2.28. The SMILES string of the molecule is COc1ccc(CCNc2nc(N)nc(-c3ccco3)c2C#N)cc1. The summed E-state index contributed by atoms with van der Waals surface area (Å²) >= 11 is 0. The van der Waals surface area contributed by atoms with Crippen LogP contribution < -0.4 is 15.8 Å². The van der Waals surface area contributed by atoms with Crippen molar-refractivity contribution in [1.29, 1.82) is 5.26 Å². The van der Waals surface area contributed by atoms with Crippen LogP contribution in [0, 0.1) is 11.3 Å². The predicted octanol–water partition coefficient (Wildman–Crippen LogP) is 2.85. The highest BCUT2D eigenvalue weighted by molar-refractivity contribution is 5.71. The Morgan fingerprint density at radius 1 is 1.24 bits per heavy atom. The number of nitriles is 1. The van der Waals surface area contributed by atoms with E-state index in [4.69, 9.17) is 14.9 Å². The molecule has 7 heteroatoms. The molecule has 2 heterocycles. The number of hydrogen-bond donors (Lipinski definition) is 2. The molecule has 0 fully saturated rings. The molecule has 0 aliphatic carbocycles. The molecule has 0 aliphatic rings. The molecular weight excluding hydrogens is 318 g/mol. The van der Waals surface area contributed by atoms with Crippen molar-refractivity contribution in [3.8, 4) is 23.3 Å². The van der Waals surface area contributed by atoms with Crippen LogP contribution in [0.4, 0.5) is 11.8 Å². The maximum Gasteiger partial charge on any atom is 0.222 e. The number of aromatic nitrogens is 2. The van der Waals surface area contributed by atoms with Gasteiger partial charge in [-0.3, -0.25) is 0 Å². The van der Waals surface area contributed by atoms with E-state index in [0.717, 1.165) is 17.7 Å². The van der Waals surface area contributed by atoms with Gasteiger partial charge in [0.25, 0.3) is 0 Å². The third kappa shape index (κ3) is 3.70. The Hall–Kier alpha value is -3.53. The Morgan fingerprint density at radius 2 is 2.04 bits per heavy atom. The molecule has 3 N–H and O–H groups in total. The molecular formula is C18H17N5O2. The second-order valence-corrected chi connectivity index (χ2v) is 5.27. The topological polar surface area (TPSA) is 110 Å². The van der Waals surface area contributed by atoms with E-state index in [9.17, 15) is 5.26 Å². The Kier molecular flexibility index (Phi) is 4.81. The fraction of sp³-hybridized carbons (Fsp3) is 0.167. The van der Waals surface area contributed by atoms with Crippen LogP contribution in [-0.2, 0) is 6.42 Å². The number of methoxy groups -OCH3 is 1. The summed E-state index contributed by atoms with van der Waals surface area (Å²) in [5.74, 6) is 1.77. The van der Waals surface area contributed by atoms with Crippen molar-refractivity contribution in [3.05, 3.63) is 53.8 Å². The highest BCUT2D eigenvalue weighted by Crippen LogP contribution is 2.27. The van der Waals surface area contributed by atoms with Gasteiger partial charge in [0.1, 0.15) is 28.9 Å². The minimum absolute atomic E-state index is 0.0809. The number of nitrogens with one attached hydrogen (secondary N) is 1. The molecule has 126 valence electrons. The largest absolute Gasteiger partial charge is 0.497 e. The lowest BCUT2D eigenvalue weighted by Gasteiger charge is -2.10. The highest BCUT2D eigenvalue weighted by Gasteiger charge is 2.16. The molecule has 7 nitrogen and oxygen atoms in total. The van der Waals surface area contributed by atoms with Crippen LogP contribution in [0.25, 0.3) is 11.5 Å². The van der Waals surface area contributed by atoms with Gasteiger partial charge >= 0.3 is 0 Å². The van der Waals surface area contributed by atoms with E-state index in [0.29, 0.717) is 29.4 Å². The molecule has 0 radical (unpaired) electrons. The van der Waals surface area contributed by atoms with E-state index in [2.05, 4.69) is 21.4 Å². The summed E-state index contributed by atoms with van der Waals surface area (Å²) in [6, 6.07) is 13.4. The number of nitrogen functional groups attached to an aromatic ring is 1. The average molecular weight is 335 g/mol. The third-order valence-corrected chi connectivity index (χ3v) is 3.66. The first-order valence-electron chi connectivity index (χ1n) is 7.69. The number of ether oxygens (including phenoxy) is 1. The zero-order valence-electron chi connectivity index (χ0n) is 13.7. The predicted molar refractivity (Wildman–Crippen MR) is 94.0 cm³/mol. The van der Waals surface area contributed by atoms with Crippen molar-refractivity contribution in [2.45, 2.75) is 6.42 Å². The van der Waals surface area contributed by atoms with Crippen molar-refractivity contribution in [3.63, 3.8) is 0 Å². The summed E-state index contributed by atoms with van der Waals surface area (Å²) in [4.78, 5) is 8.27. The van der Waals surface area contributed by atoms with E-state index < -0.39 is 0 Å². The highest BCUT2D eigenvalue weighted by atomic mass is 16.5. The molecule has 0 spiro atoms. The molecule has 0 aliphatic heterocycles. The van der Waals surface area contributed by atoms with E-state index in [1.54, 1.807) is 19.2 Å². The number of benzene rings is 1. The fourth-order valence-electron chi connectivity index (χ4n) is 2.42. The molecule has 0 bridgehead atoms. The van der Waals surface area contributed by atoms with Crippen molar-refractivity contribution in [2.24, 2.45) is 0 Å². The van der Waals surface area contributed by atoms with E-state index in [-0.39, 0.29) is 5.95 Å². The number of furan rings is 1. The maximum absolute atomic E-state index is 9.50. The van der Waals surface area contributed by atoms with Gasteiger partial charge in [0.05, 0.1) is 13.4 Å². The molecule has 2 aromatic heterocycles. The summed E-state index contributed by atoms with van der Waals surface area (Å²) in [5, 5.41) is 12.7. The van der Waals surface area contributed by atoms with Crippen LogP contribution in [0.3, 0.4) is 0 Å². The lowest BCUT2D eigenvalue weighted by atomic mass is 10.1. The van der Waals surface area contributed by atoms with Crippen molar-refractivity contribution in [1.82, 2.24) is 9.97 Å². The summed E-state index contributed by atoms with van der Waals surface area (Å²) in [5.41, 5.74) is 7.60. The zero-order chi connectivity index (χ0) is 17.6. The normalized spacial score (nSPS) is 10.2. The Morgan fingerprint density at radius 3 is 2.68 bits per heavy atom. The zero-order valence-corrected chi connectivity index (χ0v) is 13.7. The number of nitrogens with zero attached hydrogens (tertiary/aromatic N) is 3. The first-order chi connectivity index (χ1) is 12.2. The number of rotatable bonds is 6. The van der Waals surface area contributed by atoms with Crippen molar-refractivity contribution in [2.75, 3.05) is 24.7 Å². The Labute approximate surface area is 145 Å². The standard InChI is InChI=1S/C18H17N5O2/c1-24-13-6-4-12(5-7-13)8-9-21-17-14(11-19)16(22-18(20)23-17)15-3-2-10-25-15/h2-7,10H,8-9H2,1H3,(H3,20,21,22,23). The minimum Gasteiger partial charge on any atom is -0.497 e. The Balaban J connectivity index is 1.76. The molecule has 0 atom stereocenters. The van der Waals surface area contributed by atoms with Crippen LogP contribution in [0.15, 0.2) is 47.1 Å². The monoisotopic (exact) mass is 335 g/mol. The van der Waals surface area contributed by atoms with Gasteiger partial charge in [0, 0.05) is 6.54 Å². The van der Waals surface area contributed by atoms with Gasteiger partial charge in [-0.25, -0.2) is 4.98 Å². The van der Waals surface area contributed by atoms with Gasteiger partial charge in [0.2, 0.25) is 5.95 Å². The average Bonchev–Trinajstić information content (AvgIpc) is 3.16. The lowest BCUT2D eigenvalue weighted by molar-refractivity contribution is 0.414. The summed E-state index contributed by atoms with van der Waals surface area (Å²) in [7, 11) is 1.64. The Bertz CT molecular complexity index is 883. The van der Waals surface area contributed by atoms with Crippen LogP contribution in [0.1, 0.15) is 11.1 Å². The smallest absolute Gasteiger partial charge is 0.222 e. The van der Waals surface area contributed by atoms with Gasteiger partial charge in [-0.1, -0.05) is 12.1 Å². The van der Waals surface area contributed by atoms with Gasteiger partial charge in [-0.05, 0) is 36.2 Å². The van der Waals surface area contributed by atoms with E-state index in [1.807, 2.05) is 24.3 Å². The fourth-order valence-corrected chi connectivity index (χ4v) is 2.42. The second-order valence-electron chi connectivity index (χ2n) is 5.27. The number of hydrogen-bond acceptors (Lipinski definition) is 7. The molecule has 0 amide bonds. The van der Waals surface area contributed by atoms with Crippen LogP contribution >= 0.6 is 0 Å². The molecule has 0 saturated carbocycles. The summed E-state index contributed by atoms with van der Waals surface area (Å²) in [6.45, 7) is 0.592. The van der Waals surface area contributed by atoms with Gasteiger partial charge < -0.3 is 20.2 Å². The second kappa shape index (κ2) is 7.36. The third-order valence-electron chi connectivity index (χ3n) is 3.66. The molecule has 0 saturated heterocycles. The molecule has 25 heavy (non-hydrogen) atoms. The van der Waals surface area contributed by atoms with E-state index in [1.165, 1.54) is 6.26 Å². The molecule has 3 rings (SSSR count). The van der Waals surface area contributed by atoms with Crippen LogP contribution in [0.5, 0.6) is 5.75 Å². The lowest BCUT2D eigenvalue weighted by Crippen LogP contribution is -2.11. The van der Waals surface area contributed by atoms with Crippen molar-refractivity contribution >= 4 is 11.8 Å². The number of anilines is 2.